The van der Waals surface area contributed by atoms with Gasteiger partial charge in [-0.2, -0.15) is 5.10 Å². The Morgan fingerprint density at radius 3 is 2.67 bits per heavy atom. The van der Waals surface area contributed by atoms with E-state index in [0.29, 0.717) is 17.2 Å². The monoisotopic (exact) mass is 247 g/mol. The van der Waals surface area contributed by atoms with Gasteiger partial charge < -0.3 is 5.32 Å². The molecule has 2 aliphatic carbocycles. The fourth-order valence-corrected chi connectivity index (χ4v) is 3.83. The molecule has 2 fully saturated rings. The minimum Gasteiger partial charge on any atom is -0.347 e. The average molecular weight is 247 g/mol. The molecule has 0 aromatic carbocycles. The van der Waals surface area contributed by atoms with Gasteiger partial charge in [-0.15, -0.1) is 0 Å². The first-order valence-corrected chi connectivity index (χ1v) is 7.10. The number of carbonyl (C=O) groups excluding carboxylic acids is 1. The largest absolute Gasteiger partial charge is 0.347 e. The Labute approximate surface area is 108 Å². The number of carbonyl (C=O) groups is 1. The number of nitrogens with zero attached hydrogens (tertiary/aromatic N) is 1. The summed E-state index contributed by atoms with van der Waals surface area (Å²) in [7, 11) is 0. The summed E-state index contributed by atoms with van der Waals surface area (Å²) in [5.74, 6) is 0.00525. The van der Waals surface area contributed by atoms with Gasteiger partial charge in [0.1, 0.15) is 5.69 Å². The molecule has 1 aromatic rings. The Hall–Kier alpha value is -1.32. The van der Waals surface area contributed by atoms with Crippen LogP contribution >= 0.6 is 0 Å². The van der Waals surface area contributed by atoms with Gasteiger partial charge in [0, 0.05) is 12.2 Å². The van der Waals surface area contributed by atoms with Crippen molar-refractivity contribution in [2.45, 2.75) is 57.4 Å². The summed E-state index contributed by atoms with van der Waals surface area (Å²) in [5.41, 5.74) is 0.974. The Morgan fingerprint density at radius 2 is 2.00 bits per heavy atom. The van der Waals surface area contributed by atoms with Crippen molar-refractivity contribution in [3.05, 3.63) is 18.0 Å². The van der Waals surface area contributed by atoms with Crippen LogP contribution in [0.3, 0.4) is 0 Å². The zero-order chi connectivity index (χ0) is 12.4. The van der Waals surface area contributed by atoms with Crippen LogP contribution in [0.4, 0.5) is 0 Å². The highest BCUT2D eigenvalue weighted by Gasteiger charge is 2.43. The summed E-state index contributed by atoms with van der Waals surface area (Å²) >= 11 is 0. The van der Waals surface area contributed by atoms with Crippen molar-refractivity contribution >= 4 is 5.91 Å². The van der Waals surface area contributed by atoms with E-state index in [9.17, 15) is 4.79 Å². The minimum absolute atomic E-state index is 0.00525. The number of nitrogens with one attached hydrogen (secondary N) is 2. The lowest BCUT2D eigenvalue weighted by Gasteiger charge is -2.41. The fourth-order valence-electron chi connectivity index (χ4n) is 3.83. The van der Waals surface area contributed by atoms with Crippen LogP contribution in [0.1, 0.15) is 61.9 Å². The van der Waals surface area contributed by atoms with Crippen LogP contribution in [-0.2, 0) is 0 Å². The Bertz CT molecular complexity index is 407. The van der Waals surface area contributed by atoms with E-state index in [1.54, 1.807) is 12.3 Å². The molecule has 1 spiro atoms. The standard InChI is InChI=1S/C14H21N3O/c18-13(11-6-10-15-17-11)16-12-5-1-2-7-14(12)8-3-4-9-14/h6,10,12H,1-5,7-9H2,(H,15,17)(H,16,18)/t12-/m0/s1. The SMILES string of the molecule is O=C(N[C@H]1CCCCC12CCCC2)c1ccn[nH]1. The fraction of sp³-hybridized carbons (Fsp3) is 0.714. The maximum Gasteiger partial charge on any atom is 0.269 e. The third-order valence-corrected chi connectivity index (χ3v) is 4.81. The summed E-state index contributed by atoms with van der Waals surface area (Å²) in [6.45, 7) is 0. The molecule has 4 heteroatoms. The molecule has 18 heavy (non-hydrogen) atoms. The average Bonchev–Trinajstić information content (AvgIpc) is 3.04. The molecule has 0 unspecified atom stereocenters. The zero-order valence-corrected chi connectivity index (χ0v) is 10.7. The zero-order valence-electron chi connectivity index (χ0n) is 10.7. The Morgan fingerprint density at radius 1 is 1.28 bits per heavy atom. The molecule has 98 valence electrons. The molecular weight excluding hydrogens is 226 g/mol. The van der Waals surface area contributed by atoms with Gasteiger partial charge in [0.05, 0.1) is 0 Å². The normalized spacial score (nSPS) is 26.3. The van der Waals surface area contributed by atoms with Crippen LogP contribution in [0.2, 0.25) is 0 Å². The Kier molecular flexibility index (Phi) is 3.10. The second-order valence-electron chi connectivity index (χ2n) is 5.81. The molecule has 0 bridgehead atoms. The van der Waals surface area contributed by atoms with Crippen molar-refractivity contribution in [2.24, 2.45) is 5.41 Å². The lowest BCUT2D eigenvalue weighted by Crippen LogP contribution is -2.48. The lowest BCUT2D eigenvalue weighted by molar-refractivity contribution is 0.0800. The first-order chi connectivity index (χ1) is 8.80. The lowest BCUT2D eigenvalue weighted by atomic mass is 9.69. The van der Waals surface area contributed by atoms with E-state index in [2.05, 4.69) is 15.5 Å². The van der Waals surface area contributed by atoms with Gasteiger partial charge in [0.2, 0.25) is 0 Å². The molecule has 2 saturated carbocycles. The second-order valence-corrected chi connectivity index (χ2v) is 5.81. The van der Waals surface area contributed by atoms with Gasteiger partial charge in [-0.05, 0) is 37.2 Å². The quantitative estimate of drug-likeness (QED) is 0.844. The molecule has 1 aromatic heterocycles. The van der Waals surface area contributed by atoms with E-state index in [-0.39, 0.29) is 5.91 Å². The van der Waals surface area contributed by atoms with Crippen molar-refractivity contribution in [1.29, 1.82) is 0 Å². The van der Waals surface area contributed by atoms with E-state index in [1.165, 1.54) is 44.9 Å². The summed E-state index contributed by atoms with van der Waals surface area (Å²) in [6, 6.07) is 2.10. The number of hydrogen-bond acceptors (Lipinski definition) is 2. The molecule has 2 aliphatic rings. The molecule has 1 amide bonds. The topological polar surface area (TPSA) is 57.8 Å². The highest BCUT2D eigenvalue weighted by molar-refractivity contribution is 5.92. The summed E-state index contributed by atoms with van der Waals surface area (Å²) in [6.07, 6.45) is 11.9. The van der Waals surface area contributed by atoms with E-state index >= 15 is 0 Å². The van der Waals surface area contributed by atoms with Crippen molar-refractivity contribution in [3.8, 4) is 0 Å². The van der Waals surface area contributed by atoms with E-state index in [1.807, 2.05) is 0 Å². The molecule has 0 saturated heterocycles. The third-order valence-electron chi connectivity index (χ3n) is 4.81. The van der Waals surface area contributed by atoms with E-state index in [0.717, 1.165) is 6.42 Å². The molecule has 3 rings (SSSR count). The molecule has 2 N–H and O–H groups in total. The van der Waals surface area contributed by atoms with Crippen LogP contribution in [0.15, 0.2) is 12.3 Å². The molecule has 0 radical (unpaired) electrons. The minimum atomic E-state index is 0.00525. The number of aromatic nitrogens is 2. The number of rotatable bonds is 2. The van der Waals surface area contributed by atoms with Crippen LogP contribution in [0.5, 0.6) is 0 Å². The number of amides is 1. The van der Waals surface area contributed by atoms with Gasteiger partial charge >= 0.3 is 0 Å². The summed E-state index contributed by atoms with van der Waals surface area (Å²) in [4.78, 5) is 12.1. The third kappa shape index (κ3) is 2.04. The maximum atomic E-state index is 12.1. The first kappa shape index (κ1) is 11.8. The molecule has 4 nitrogen and oxygen atoms in total. The smallest absolute Gasteiger partial charge is 0.269 e. The highest BCUT2D eigenvalue weighted by Crippen LogP contribution is 2.49. The number of hydrogen-bond donors (Lipinski definition) is 2. The Balaban J connectivity index is 1.72. The number of H-pyrrole nitrogens is 1. The van der Waals surface area contributed by atoms with Crippen molar-refractivity contribution in [1.82, 2.24) is 15.5 Å². The van der Waals surface area contributed by atoms with Crippen molar-refractivity contribution in [3.63, 3.8) is 0 Å². The van der Waals surface area contributed by atoms with Gasteiger partial charge in [0.25, 0.3) is 5.91 Å². The van der Waals surface area contributed by atoms with Crippen molar-refractivity contribution < 1.29 is 4.79 Å². The molecule has 0 aliphatic heterocycles. The van der Waals surface area contributed by atoms with Crippen LogP contribution < -0.4 is 5.32 Å². The van der Waals surface area contributed by atoms with Gasteiger partial charge in [-0.3, -0.25) is 9.89 Å². The van der Waals surface area contributed by atoms with Crippen molar-refractivity contribution in [2.75, 3.05) is 0 Å². The van der Waals surface area contributed by atoms with E-state index < -0.39 is 0 Å². The predicted molar refractivity (Wildman–Crippen MR) is 69.2 cm³/mol. The van der Waals surface area contributed by atoms with Crippen LogP contribution in [0, 0.1) is 5.41 Å². The van der Waals surface area contributed by atoms with E-state index in [4.69, 9.17) is 0 Å². The van der Waals surface area contributed by atoms with Crippen LogP contribution in [0.25, 0.3) is 0 Å². The first-order valence-electron chi connectivity index (χ1n) is 7.10. The second kappa shape index (κ2) is 4.75. The highest BCUT2D eigenvalue weighted by atomic mass is 16.2. The molecule has 1 heterocycles. The number of aromatic amines is 1. The molecule has 1 atom stereocenters. The van der Waals surface area contributed by atoms with Gasteiger partial charge in [-0.25, -0.2) is 0 Å². The van der Waals surface area contributed by atoms with Gasteiger partial charge in [0.15, 0.2) is 0 Å². The maximum absolute atomic E-state index is 12.1. The van der Waals surface area contributed by atoms with Crippen LogP contribution in [-0.4, -0.2) is 22.1 Å². The van der Waals surface area contributed by atoms with Gasteiger partial charge in [-0.1, -0.05) is 25.7 Å². The molecular formula is C14H21N3O. The predicted octanol–water partition coefficient (Wildman–Crippen LogP) is 2.64. The summed E-state index contributed by atoms with van der Waals surface area (Å²) < 4.78 is 0. The summed E-state index contributed by atoms with van der Waals surface area (Å²) in [5, 5.41) is 9.83.